The summed E-state index contributed by atoms with van der Waals surface area (Å²) in [7, 11) is 0. The van der Waals surface area contributed by atoms with Gasteiger partial charge in [-0.2, -0.15) is 0 Å². The smallest absolute Gasteiger partial charge is 0.343 e. The lowest BCUT2D eigenvalue weighted by Crippen LogP contribution is -2.32. The van der Waals surface area contributed by atoms with Crippen molar-refractivity contribution in [1.29, 1.82) is 0 Å². The predicted octanol–water partition coefficient (Wildman–Crippen LogP) is 1.72. The Morgan fingerprint density at radius 3 is 2.56 bits per heavy atom. The average molecular weight is 263 g/mol. The number of aliphatic hydroxyl groups is 1. The van der Waals surface area contributed by atoms with E-state index in [0.29, 0.717) is 11.1 Å². The first kappa shape index (κ1) is 12.4. The third-order valence-electron chi connectivity index (χ3n) is 3.53. The second-order valence-corrected chi connectivity index (χ2v) is 4.56. The second-order valence-electron chi connectivity index (χ2n) is 4.56. The molecule has 2 atom stereocenters. The van der Waals surface area contributed by atoms with Crippen LogP contribution in [0.5, 0.6) is 0 Å². The van der Waals surface area contributed by atoms with Crippen LogP contribution in [0.1, 0.15) is 20.8 Å². The van der Waals surface area contributed by atoms with Gasteiger partial charge in [0, 0.05) is 5.92 Å². The van der Waals surface area contributed by atoms with Gasteiger partial charge in [0.15, 0.2) is 0 Å². The maximum absolute atomic E-state index is 12.0. The van der Waals surface area contributed by atoms with Crippen LogP contribution in [0, 0.1) is 5.92 Å². The number of carboxylic acids is 1. The summed E-state index contributed by atoms with van der Waals surface area (Å²) in [5.74, 6) is -2.64. The van der Waals surface area contributed by atoms with Crippen LogP contribution in [-0.4, -0.2) is 28.1 Å². The summed E-state index contributed by atoms with van der Waals surface area (Å²) < 4.78 is 5.33. The zero-order valence-corrected chi connectivity index (χ0v) is 10.4. The molecule has 0 amide bonds. The fourth-order valence-electron chi connectivity index (χ4n) is 2.31. The molecule has 0 radical (unpaired) electrons. The summed E-state index contributed by atoms with van der Waals surface area (Å²) in [4.78, 5) is 23.0. The van der Waals surface area contributed by atoms with Gasteiger partial charge in [-0.3, -0.25) is 4.79 Å². The van der Waals surface area contributed by atoms with Gasteiger partial charge in [0.25, 0.3) is 0 Å². The number of fused-ring (bicyclic) bond motifs is 1. The SMILES string of the molecule is [13CH3][13C]1=[13C]2[13C](=[13CH]O[13C@H]([13CH3])[13C@H]2[13CH3])[13C](=O)[13C]([13C](=O)O)=[13C]1O. The van der Waals surface area contributed by atoms with Crippen LogP contribution in [0.4, 0.5) is 0 Å². The van der Waals surface area contributed by atoms with Crippen molar-refractivity contribution in [3.05, 3.63) is 34.3 Å². The van der Waals surface area contributed by atoms with Crippen molar-refractivity contribution in [2.45, 2.75) is 26.9 Å². The third kappa shape index (κ3) is 1.54. The normalized spacial score (nSPS) is 27.7. The molecule has 1 heterocycles. The number of allylic oxidation sites excluding steroid dienone is 2. The van der Waals surface area contributed by atoms with E-state index in [0.717, 1.165) is 0 Å². The van der Waals surface area contributed by atoms with Crippen LogP contribution in [0.25, 0.3) is 0 Å². The van der Waals surface area contributed by atoms with E-state index in [4.69, 9.17) is 9.84 Å². The Balaban J connectivity index is 2.69. The largest absolute Gasteiger partial charge is 0.507 e. The number of aliphatic hydroxyl groups excluding tert-OH is 1. The second kappa shape index (κ2) is 4.01. The van der Waals surface area contributed by atoms with E-state index in [1.807, 2.05) is 13.8 Å². The minimum absolute atomic E-state index is 0.0774. The molecule has 0 saturated carbocycles. The first-order valence-corrected chi connectivity index (χ1v) is 5.64. The molecular weight excluding hydrogens is 249 g/mol. The predicted molar refractivity (Wildman–Crippen MR) is 62.8 cm³/mol. The molecule has 0 aromatic carbocycles. The lowest BCUT2D eigenvalue weighted by molar-refractivity contribution is -0.134. The number of Topliss-reactive ketones (excluding diaryl/α,β-unsaturated/α-hetero) is 1. The molecule has 2 rings (SSSR count). The minimum atomic E-state index is -1.43. The molecule has 18 heavy (non-hydrogen) atoms. The summed E-state index contributed by atoms with van der Waals surface area (Å²) in [6.07, 6.45) is 1.17. The molecule has 96 valence electrons. The number of ketones is 1. The molecule has 1 aliphatic carbocycles. The van der Waals surface area contributed by atoms with E-state index < -0.39 is 23.1 Å². The summed E-state index contributed by atoms with van der Waals surface area (Å²) >= 11 is 0. The van der Waals surface area contributed by atoms with E-state index in [1.165, 1.54) is 6.26 Å². The average Bonchev–Trinajstić information content (AvgIpc) is 2.29. The zero-order chi connectivity index (χ0) is 13.6. The summed E-state index contributed by atoms with van der Waals surface area (Å²) in [5, 5.41) is 18.8. The quantitative estimate of drug-likeness (QED) is 0.556. The van der Waals surface area contributed by atoms with Crippen LogP contribution in [0.2, 0.25) is 0 Å². The molecule has 5 heteroatoms. The topological polar surface area (TPSA) is 83.8 Å². The minimum Gasteiger partial charge on any atom is -0.507 e. The molecule has 0 unspecified atom stereocenters. The molecule has 0 saturated heterocycles. The van der Waals surface area contributed by atoms with Gasteiger partial charge < -0.3 is 14.9 Å². The molecule has 1 aliphatic heterocycles. The molecular formula is C13H14O5. The van der Waals surface area contributed by atoms with Gasteiger partial charge in [-0.05, 0) is 25.0 Å². The van der Waals surface area contributed by atoms with Crippen LogP contribution in [0.3, 0.4) is 0 Å². The van der Waals surface area contributed by atoms with Crippen molar-refractivity contribution in [2.75, 3.05) is 0 Å². The number of hydrogen-bond acceptors (Lipinski definition) is 4. The van der Waals surface area contributed by atoms with E-state index >= 15 is 0 Å². The third-order valence-corrected chi connectivity index (χ3v) is 3.53. The number of carbonyl (C=O) groups is 2. The Bertz CT molecular complexity index is 536. The first-order chi connectivity index (χ1) is 8.36. The molecule has 0 fully saturated rings. The maximum atomic E-state index is 12.0. The molecule has 0 bridgehead atoms. The Morgan fingerprint density at radius 2 is 2.00 bits per heavy atom. The number of carboxylic acid groups (broad SMARTS) is 1. The number of ether oxygens (including phenoxy) is 1. The lowest BCUT2D eigenvalue weighted by atomic mass is 10.8. The lowest BCUT2D eigenvalue weighted by Gasteiger charge is -2.32. The summed E-state index contributed by atoms with van der Waals surface area (Å²) in [6.45, 7) is 5.35. The van der Waals surface area contributed by atoms with Gasteiger partial charge in [0.1, 0.15) is 17.4 Å². The van der Waals surface area contributed by atoms with Crippen molar-refractivity contribution in [3.63, 3.8) is 0 Å². The van der Waals surface area contributed by atoms with E-state index in [1.54, 1.807) is 6.92 Å². The highest BCUT2D eigenvalue weighted by atomic mass is 16.6. The van der Waals surface area contributed by atoms with Crippen molar-refractivity contribution >= 4 is 11.8 Å². The van der Waals surface area contributed by atoms with E-state index in [-0.39, 0.29) is 17.6 Å². The molecule has 0 aromatic rings. The van der Waals surface area contributed by atoms with E-state index in [9.17, 15) is 14.7 Å². The monoisotopic (exact) mass is 263 g/mol. The molecule has 0 aromatic heterocycles. The molecule has 5 nitrogen and oxygen atoms in total. The Hall–Kier alpha value is -2.04. The van der Waals surface area contributed by atoms with Gasteiger partial charge in [0.2, 0.25) is 5.78 Å². The standard InChI is InChI=1S/C13H14O5/c1-5-7(3)18-4-8-9(5)6(2)11(14)10(12(8)15)13(16)17/h4-5,7,14H,1-3H3,(H,16,17)/t5-,7-/m1/s1/i1+1,2+1,3+1,4+1,5+1,6+1,7+1,8+1,9+1,10+1,11+1,12+1,13+1. The summed E-state index contributed by atoms with van der Waals surface area (Å²) in [5.41, 5.74) is 0.739. The number of hydrogen-bond donors (Lipinski definition) is 2. The van der Waals surface area contributed by atoms with Gasteiger partial charge in [-0.25, -0.2) is 4.79 Å². The first-order valence-electron chi connectivity index (χ1n) is 5.64. The number of carbonyl (C=O) groups excluding carboxylic acids is 1. The highest BCUT2D eigenvalue weighted by Gasteiger charge is 2.39. The number of aliphatic carboxylic acids is 1. The van der Waals surface area contributed by atoms with Gasteiger partial charge in [0.05, 0.1) is 11.8 Å². The molecule has 0 spiro atoms. The fraction of sp³-hybridized carbons (Fsp3) is 0.385. The Labute approximate surface area is 104 Å². The van der Waals surface area contributed by atoms with Crippen molar-refractivity contribution in [1.82, 2.24) is 0 Å². The van der Waals surface area contributed by atoms with Crippen molar-refractivity contribution < 1.29 is 24.5 Å². The maximum Gasteiger partial charge on any atom is 0.343 e. The van der Waals surface area contributed by atoms with Crippen LogP contribution in [0.15, 0.2) is 34.3 Å². The highest BCUT2D eigenvalue weighted by Crippen LogP contribution is 2.39. The molecule has 2 N–H and O–H groups in total. The summed E-state index contributed by atoms with van der Waals surface area (Å²) in [6, 6.07) is 0. The van der Waals surface area contributed by atoms with Gasteiger partial charge >= 0.3 is 5.97 Å². The van der Waals surface area contributed by atoms with Crippen molar-refractivity contribution in [3.8, 4) is 0 Å². The Kier molecular flexibility index (Phi) is 2.77. The van der Waals surface area contributed by atoms with E-state index in [2.05, 4.69) is 0 Å². The number of rotatable bonds is 1. The van der Waals surface area contributed by atoms with Crippen LogP contribution in [-0.2, 0) is 14.3 Å². The van der Waals surface area contributed by atoms with Gasteiger partial charge in [-0.15, -0.1) is 0 Å². The van der Waals surface area contributed by atoms with Crippen LogP contribution < -0.4 is 0 Å². The Morgan fingerprint density at radius 1 is 1.39 bits per heavy atom. The van der Waals surface area contributed by atoms with Crippen molar-refractivity contribution in [2.24, 2.45) is 5.92 Å². The van der Waals surface area contributed by atoms with Gasteiger partial charge in [-0.1, -0.05) is 6.92 Å². The molecule has 2 aliphatic rings. The highest BCUT2D eigenvalue weighted by molar-refractivity contribution is 6.26. The zero-order valence-electron chi connectivity index (χ0n) is 10.4. The van der Waals surface area contributed by atoms with Crippen LogP contribution >= 0.6 is 0 Å². The fourth-order valence-corrected chi connectivity index (χ4v) is 2.31.